The van der Waals surface area contributed by atoms with E-state index >= 15 is 0 Å². The summed E-state index contributed by atoms with van der Waals surface area (Å²) in [6.07, 6.45) is 9.33. The zero-order chi connectivity index (χ0) is 13.8. The molecular formula is C21H13+. The molecule has 0 saturated heterocycles. The van der Waals surface area contributed by atoms with E-state index in [1.807, 2.05) is 0 Å². The molecule has 0 fully saturated rings. The molecule has 6 rings (SSSR count). The Bertz CT molecular complexity index is 1090. The number of allylic oxidation sites excluding steroid dienone is 2. The Balaban J connectivity index is 2.08. The second-order valence-corrected chi connectivity index (χ2v) is 6.65. The standard InChI is InChI=1S/C21H13/c1-21-10-8-14-6-4-12-2-3-13-5-7-15(9-11-21)19-17(13)16(12)18(14)20(19)21/h2-11H,1H3/q+1. The molecule has 0 bridgehead atoms. The lowest BCUT2D eigenvalue weighted by Gasteiger charge is -2.25. The molecule has 1 atom stereocenters. The van der Waals surface area contributed by atoms with Gasteiger partial charge >= 0.3 is 0 Å². The van der Waals surface area contributed by atoms with Crippen molar-refractivity contribution in [1.82, 2.24) is 0 Å². The third kappa shape index (κ3) is 0.955. The van der Waals surface area contributed by atoms with E-state index in [0.29, 0.717) is 0 Å². The predicted molar refractivity (Wildman–Crippen MR) is 90.3 cm³/mol. The van der Waals surface area contributed by atoms with Gasteiger partial charge in [0.05, 0.1) is 27.7 Å². The smallest absolute Gasteiger partial charge is 0.0550 e. The SMILES string of the molecule is CC12C=Cc3ccc4ccc5cc[c+](c6c1c3c4c5-6)C=C2. The van der Waals surface area contributed by atoms with E-state index in [0.717, 1.165) is 0 Å². The molecule has 0 heteroatoms. The second kappa shape index (κ2) is 2.92. The Labute approximate surface area is 123 Å². The first kappa shape index (κ1) is 10.3. The summed E-state index contributed by atoms with van der Waals surface area (Å²) < 4.78 is 0. The summed E-state index contributed by atoms with van der Waals surface area (Å²) in [5.74, 6) is 0. The van der Waals surface area contributed by atoms with Gasteiger partial charge in [-0.05, 0) is 30.0 Å². The van der Waals surface area contributed by atoms with Gasteiger partial charge in [-0.25, -0.2) is 0 Å². The van der Waals surface area contributed by atoms with Crippen LogP contribution in [0.15, 0.2) is 48.6 Å². The summed E-state index contributed by atoms with van der Waals surface area (Å²) in [7, 11) is 0. The van der Waals surface area contributed by atoms with Crippen LogP contribution < -0.4 is 0 Å². The second-order valence-electron chi connectivity index (χ2n) is 6.65. The van der Waals surface area contributed by atoms with Crippen LogP contribution in [0.4, 0.5) is 0 Å². The lowest BCUT2D eigenvalue weighted by Crippen LogP contribution is -2.20. The van der Waals surface area contributed by atoms with E-state index < -0.39 is 0 Å². The Kier molecular flexibility index (Phi) is 1.43. The molecule has 2 aromatic carbocycles. The average molecular weight is 265 g/mol. The van der Waals surface area contributed by atoms with Gasteiger partial charge < -0.3 is 0 Å². The highest BCUT2D eigenvalue weighted by molar-refractivity contribution is 6.24. The maximum atomic E-state index is 2.36. The van der Waals surface area contributed by atoms with Gasteiger partial charge in [0.15, 0.2) is 0 Å². The summed E-state index contributed by atoms with van der Waals surface area (Å²) in [6.45, 7) is 2.34. The van der Waals surface area contributed by atoms with Crippen LogP contribution in [0.3, 0.4) is 0 Å². The normalized spacial score (nSPS) is 22.3. The maximum Gasteiger partial charge on any atom is 0.0943 e. The molecule has 0 saturated carbocycles. The van der Waals surface area contributed by atoms with Crippen molar-refractivity contribution in [1.29, 1.82) is 0 Å². The van der Waals surface area contributed by atoms with E-state index in [9.17, 15) is 0 Å². The zero-order valence-corrected chi connectivity index (χ0v) is 11.8. The van der Waals surface area contributed by atoms with Crippen molar-refractivity contribution in [2.75, 3.05) is 0 Å². The third-order valence-electron chi connectivity index (χ3n) is 5.49. The van der Waals surface area contributed by atoms with Crippen molar-refractivity contribution in [2.24, 2.45) is 0 Å². The van der Waals surface area contributed by atoms with Crippen LogP contribution in [0.2, 0.25) is 0 Å². The van der Waals surface area contributed by atoms with Crippen molar-refractivity contribution in [2.45, 2.75) is 12.3 Å². The first-order valence-electron chi connectivity index (χ1n) is 7.55. The van der Waals surface area contributed by atoms with Gasteiger partial charge in [0.25, 0.3) is 0 Å². The summed E-state index contributed by atoms with van der Waals surface area (Å²) in [5.41, 5.74) is 7.27. The van der Waals surface area contributed by atoms with Crippen LogP contribution in [0, 0.1) is 0 Å². The lowest BCUT2D eigenvalue weighted by atomic mass is 9.72. The summed E-state index contributed by atoms with van der Waals surface area (Å²) in [4.78, 5) is 0. The lowest BCUT2D eigenvalue weighted by molar-refractivity contribution is 0.769. The van der Waals surface area contributed by atoms with Crippen LogP contribution >= 0.6 is 0 Å². The Morgan fingerprint density at radius 1 is 0.905 bits per heavy atom. The number of benzene rings is 3. The molecule has 0 aliphatic heterocycles. The summed E-state index contributed by atoms with van der Waals surface area (Å²) >= 11 is 0. The minimum atomic E-state index is 0.0432. The molecule has 0 amide bonds. The maximum absolute atomic E-state index is 2.36. The minimum Gasteiger partial charge on any atom is -0.0550 e. The fourth-order valence-corrected chi connectivity index (χ4v) is 4.49. The fraction of sp³-hybridized carbons (Fsp3) is 0.0952. The molecule has 0 aromatic heterocycles. The summed E-state index contributed by atoms with van der Waals surface area (Å²) in [5, 5.41) is 5.69. The average Bonchev–Trinajstić information content (AvgIpc) is 2.89. The largest absolute Gasteiger partial charge is 0.0943 e. The number of rotatable bonds is 0. The molecule has 96 valence electrons. The molecule has 0 radical (unpaired) electrons. The molecule has 21 heavy (non-hydrogen) atoms. The van der Waals surface area contributed by atoms with Crippen molar-refractivity contribution >= 4 is 33.7 Å². The van der Waals surface area contributed by atoms with Crippen LogP contribution in [-0.4, -0.2) is 0 Å². The molecule has 4 aliphatic carbocycles. The quantitative estimate of drug-likeness (QED) is 0.288. The topological polar surface area (TPSA) is 0 Å². The van der Waals surface area contributed by atoms with Gasteiger partial charge in [0, 0.05) is 34.4 Å². The van der Waals surface area contributed by atoms with Crippen LogP contribution in [0.1, 0.15) is 23.6 Å². The Morgan fingerprint density at radius 2 is 1.76 bits per heavy atom. The predicted octanol–water partition coefficient (Wildman–Crippen LogP) is 5.57. The highest BCUT2D eigenvalue weighted by atomic mass is 14.4. The van der Waals surface area contributed by atoms with Gasteiger partial charge in [-0.2, -0.15) is 0 Å². The first-order chi connectivity index (χ1) is 10.3. The van der Waals surface area contributed by atoms with Gasteiger partial charge in [0.2, 0.25) is 0 Å². The van der Waals surface area contributed by atoms with Gasteiger partial charge in [0.1, 0.15) is 0 Å². The van der Waals surface area contributed by atoms with Crippen LogP contribution in [0.5, 0.6) is 0 Å². The summed E-state index contributed by atoms with van der Waals surface area (Å²) in [6, 6.07) is 13.6. The minimum absolute atomic E-state index is 0.0432. The monoisotopic (exact) mass is 265 g/mol. The first-order valence-corrected chi connectivity index (χ1v) is 7.55. The van der Waals surface area contributed by atoms with Crippen molar-refractivity contribution in [3.8, 4) is 11.1 Å². The van der Waals surface area contributed by atoms with E-state index in [4.69, 9.17) is 0 Å². The Hall–Kier alpha value is -2.47. The van der Waals surface area contributed by atoms with Crippen LogP contribution in [0.25, 0.3) is 44.8 Å². The van der Waals surface area contributed by atoms with Gasteiger partial charge in [-0.1, -0.05) is 30.4 Å². The van der Waals surface area contributed by atoms with Crippen molar-refractivity contribution in [3.05, 3.63) is 65.2 Å². The molecule has 0 spiro atoms. The molecular weight excluding hydrogens is 252 g/mol. The van der Waals surface area contributed by atoms with Gasteiger partial charge in [-0.3, -0.25) is 0 Å². The van der Waals surface area contributed by atoms with E-state index in [1.54, 1.807) is 0 Å². The van der Waals surface area contributed by atoms with Gasteiger partial charge in [-0.15, -0.1) is 0 Å². The number of hydrogen-bond acceptors (Lipinski definition) is 0. The van der Waals surface area contributed by atoms with E-state index in [2.05, 4.69) is 67.6 Å². The van der Waals surface area contributed by atoms with E-state index in [1.165, 1.54) is 49.4 Å². The molecule has 4 aliphatic rings. The van der Waals surface area contributed by atoms with Crippen LogP contribution in [-0.2, 0) is 5.41 Å². The van der Waals surface area contributed by atoms with Crippen molar-refractivity contribution in [3.63, 3.8) is 0 Å². The highest BCUT2D eigenvalue weighted by Crippen LogP contribution is 2.56. The molecule has 0 nitrogen and oxygen atoms in total. The Morgan fingerprint density at radius 3 is 2.71 bits per heavy atom. The molecule has 0 heterocycles. The van der Waals surface area contributed by atoms with E-state index in [-0.39, 0.29) is 5.41 Å². The third-order valence-corrected chi connectivity index (χ3v) is 5.49. The van der Waals surface area contributed by atoms with Crippen molar-refractivity contribution < 1.29 is 0 Å². The molecule has 2 aromatic rings. The molecule has 0 N–H and O–H groups in total. The molecule has 1 unspecified atom stereocenters. The fourth-order valence-electron chi connectivity index (χ4n) is 4.49. The zero-order valence-electron chi connectivity index (χ0n) is 11.8. The number of hydrogen-bond donors (Lipinski definition) is 0. The highest BCUT2D eigenvalue weighted by Gasteiger charge is 2.43.